The number of aromatic nitrogens is 3. The lowest BCUT2D eigenvalue weighted by atomic mass is 10.1. The summed E-state index contributed by atoms with van der Waals surface area (Å²) in [4.78, 5) is 26.6. The first-order chi connectivity index (χ1) is 15.4. The average Bonchev–Trinajstić information content (AvgIpc) is 2.98. The van der Waals surface area contributed by atoms with E-state index in [0.29, 0.717) is 22.4 Å². The van der Waals surface area contributed by atoms with Gasteiger partial charge < -0.3 is 15.1 Å². The fraction of sp³-hybridized carbons (Fsp3) is 0.348. The zero-order chi connectivity index (χ0) is 22.6. The van der Waals surface area contributed by atoms with Crippen LogP contribution in [0.25, 0.3) is 27.7 Å². The highest BCUT2D eigenvalue weighted by Crippen LogP contribution is 2.33. The van der Waals surface area contributed by atoms with Crippen LogP contribution in [0.4, 0.5) is 14.5 Å². The van der Waals surface area contributed by atoms with Gasteiger partial charge in [-0.25, -0.2) is 18.7 Å². The summed E-state index contributed by atoms with van der Waals surface area (Å²) < 4.78 is 29.8. The number of hydrogen-bond acceptors (Lipinski definition) is 5. The molecule has 0 spiro atoms. The van der Waals surface area contributed by atoms with Crippen LogP contribution in [0.2, 0.25) is 0 Å². The number of imidazole rings is 1. The van der Waals surface area contributed by atoms with Gasteiger partial charge in [0, 0.05) is 55.6 Å². The molecule has 7 nitrogen and oxygen atoms in total. The summed E-state index contributed by atoms with van der Waals surface area (Å²) in [5.74, 6) is -2.28. The third-order valence-electron chi connectivity index (χ3n) is 6.11. The Hall–Kier alpha value is -3.33. The van der Waals surface area contributed by atoms with E-state index in [1.807, 2.05) is 13.0 Å². The summed E-state index contributed by atoms with van der Waals surface area (Å²) in [6, 6.07) is 5.98. The molecule has 4 heterocycles. The van der Waals surface area contributed by atoms with Gasteiger partial charge in [0.2, 0.25) is 0 Å². The first-order valence-corrected chi connectivity index (χ1v) is 10.6. The third kappa shape index (κ3) is 3.24. The molecule has 3 aromatic heterocycles. The van der Waals surface area contributed by atoms with E-state index < -0.39 is 11.6 Å². The van der Waals surface area contributed by atoms with E-state index in [2.05, 4.69) is 27.1 Å². The molecule has 0 radical (unpaired) electrons. The molecular formula is C23H24F2N6O. The first kappa shape index (κ1) is 20.6. The highest BCUT2D eigenvalue weighted by molar-refractivity contribution is 6.07. The number of nitrogens with zero attached hydrogens (tertiary/aromatic N) is 5. The van der Waals surface area contributed by atoms with Crippen molar-refractivity contribution in [2.24, 2.45) is 0 Å². The second-order valence-electron chi connectivity index (χ2n) is 8.33. The van der Waals surface area contributed by atoms with E-state index >= 15 is 0 Å². The molecule has 9 heteroatoms. The maximum Gasteiger partial charge on any atom is 0.254 e. The van der Waals surface area contributed by atoms with Crippen molar-refractivity contribution in [1.29, 1.82) is 0 Å². The maximum atomic E-state index is 14.2. The molecule has 166 valence electrons. The lowest BCUT2D eigenvalue weighted by molar-refractivity contribution is 0.0964. The Morgan fingerprint density at radius 2 is 1.78 bits per heavy atom. The average molecular weight is 438 g/mol. The Labute approximate surface area is 183 Å². The van der Waals surface area contributed by atoms with E-state index in [1.54, 1.807) is 17.5 Å². The predicted octanol–water partition coefficient (Wildman–Crippen LogP) is 3.12. The van der Waals surface area contributed by atoms with Gasteiger partial charge in [-0.1, -0.05) is 0 Å². The van der Waals surface area contributed by atoms with Crippen LogP contribution < -0.4 is 10.2 Å². The second kappa shape index (κ2) is 7.67. The predicted molar refractivity (Wildman–Crippen MR) is 120 cm³/mol. The topological polar surface area (TPSA) is 65.8 Å². The molecule has 1 saturated heterocycles. The number of benzene rings is 1. The van der Waals surface area contributed by atoms with Crippen molar-refractivity contribution in [2.75, 3.05) is 45.2 Å². The van der Waals surface area contributed by atoms with Crippen LogP contribution in [0.15, 0.2) is 24.3 Å². The normalized spacial score (nSPS) is 15.6. The van der Waals surface area contributed by atoms with Crippen LogP contribution >= 0.6 is 0 Å². The molecule has 0 aliphatic carbocycles. The van der Waals surface area contributed by atoms with Crippen LogP contribution in [0.5, 0.6) is 0 Å². The van der Waals surface area contributed by atoms with Gasteiger partial charge in [-0.2, -0.15) is 0 Å². The van der Waals surface area contributed by atoms with Crippen LogP contribution in [-0.2, 0) is 0 Å². The summed E-state index contributed by atoms with van der Waals surface area (Å²) in [6.45, 7) is 5.56. The molecule has 1 N–H and O–H groups in total. The minimum atomic E-state index is -0.981. The molecule has 1 aliphatic heterocycles. The van der Waals surface area contributed by atoms with Crippen molar-refractivity contribution in [3.8, 4) is 0 Å². The van der Waals surface area contributed by atoms with Crippen molar-refractivity contribution in [1.82, 2.24) is 24.6 Å². The van der Waals surface area contributed by atoms with E-state index in [-0.39, 0.29) is 11.4 Å². The Balaban J connectivity index is 1.89. The van der Waals surface area contributed by atoms with Crippen molar-refractivity contribution in [2.45, 2.75) is 13.3 Å². The van der Waals surface area contributed by atoms with Gasteiger partial charge >= 0.3 is 0 Å². The lowest BCUT2D eigenvalue weighted by Crippen LogP contribution is -2.29. The Morgan fingerprint density at radius 1 is 1.00 bits per heavy atom. The maximum absolute atomic E-state index is 14.2. The number of pyridine rings is 2. The molecule has 0 unspecified atom stereocenters. The first-order valence-electron chi connectivity index (χ1n) is 10.6. The number of likely N-dealkylation sites (N-methyl/N-ethyl adjacent to an activating group) is 1. The Morgan fingerprint density at radius 3 is 2.56 bits per heavy atom. The minimum absolute atomic E-state index is 0.266. The van der Waals surface area contributed by atoms with E-state index in [1.165, 1.54) is 0 Å². The zero-order valence-corrected chi connectivity index (χ0v) is 18.2. The lowest BCUT2D eigenvalue weighted by Gasteiger charge is -2.25. The number of carbonyl (C=O) groups is 1. The third-order valence-corrected chi connectivity index (χ3v) is 6.11. The van der Waals surface area contributed by atoms with Gasteiger partial charge in [0.25, 0.3) is 5.91 Å². The van der Waals surface area contributed by atoms with Gasteiger partial charge in [-0.15, -0.1) is 0 Å². The zero-order valence-electron chi connectivity index (χ0n) is 18.2. The molecule has 32 heavy (non-hydrogen) atoms. The quantitative estimate of drug-likeness (QED) is 0.521. The summed E-state index contributed by atoms with van der Waals surface area (Å²) in [5.41, 5.74) is 3.61. The Bertz CT molecular complexity index is 1380. The standard InChI is InChI=1S/C23H24F2N6O/c1-13-9-19(30-6-4-5-29(3)7-8-30)14-10-15(23(32)26-2)22-28-18-11-16(24)17(25)12-20(18)31(22)21(14)27-13/h9-12H,4-8H2,1-3H3,(H,26,32). The highest BCUT2D eigenvalue weighted by Gasteiger charge is 2.23. The Kier molecular flexibility index (Phi) is 4.93. The molecule has 4 aromatic rings. The van der Waals surface area contributed by atoms with Gasteiger partial charge in [-0.05, 0) is 39.1 Å². The number of hydrogen-bond donors (Lipinski definition) is 1. The monoisotopic (exact) mass is 438 g/mol. The number of anilines is 1. The van der Waals surface area contributed by atoms with Crippen molar-refractivity contribution >= 4 is 39.3 Å². The number of aryl methyl sites for hydroxylation is 1. The number of fused-ring (bicyclic) bond motifs is 5. The molecular weight excluding hydrogens is 414 g/mol. The summed E-state index contributed by atoms with van der Waals surface area (Å²) >= 11 is 0. The fourth-order valence-electron chi connectivity index (χ4n) is 4.49. The van der Waals surface area contributed by atoms with Gasteiger partial charge in [0.15, 0.2) is 17.3 Å². The summed E-state index contributed by atoms with van der Waals surface area (Å²) in [7, 11) is 3.65. The van der Waals surface area contributed by atoms with E-state index in [4.69, 9.17) is 4.98 Å². The number of carbonyl (C=O) groups excluding carboxylic acids is 1. The molecule has 1 amide bonds. The van der Waals surface area contributed by atoms with Crippen LogP contribution in [0, 0.1) is 18.6 Å². The van der Waals surface area contributed by atoms with E-state index in [9.17, 15) is 13.6 Å². The minimum Gasteiger partial charge on any atom is -0.370 e. The number of rotatable bonds is 2. The molecule has 0 atom stereocenters. The van der Waals surface area contributed by atoms with Gasteiger partial charge in [0.1, 0.15) is 5.65 Å². The molecule has 0 saturated carbocycles. The van der Waals surface area contributed by atoms with Crippen LogP contribution in [-0.4, -0.2) is 65.5 Å². The SMILES string of the molecule is CNC(=O)c1cc2c(N3CCCN(C)CC3)cc(C)nc2n2c1nc1cc(F)c(F)cc12. The van der Waals surface area contributed by atoms with Crippen molar-refractivity contribution in [3.05, 3.63) is 47.2 Å². The van der Waals surface area contributed by atoms with E-state index in [0.717, 1.165) is 61.5 Å². The molecule has 5 rings (SSSR count). The molecule has 1 fully saturated rings. The van der Waals surface area contributed by atoms with Gasteiger partial charge in [-0.3, -0.25) is 9.20 Å². The number of halogens is 2. The second-order valence-corrected chi connectivity index (χ2v) is 8.33. The van der Waals surface area contributed by atoms with Crippen LogP contribution in [0.1, 0.15) is 22.5 Å². The molecule has 1 aliphatic rings. The van der Waals surface area contributed by atoms with Gasteiger partial charge in [0.05, 0.1) is 16.6 Å². The van der Waals surface area contributed by atoms with Crippen molar-refractivity contribution in [3.63, 3.8) is 0 Å². The fourth-order valence-corrected chi connectivity index (χ4v) is 4.49. The summed E-state index contributed by atoms with van der Waals surface area (Å²) in [6.07, 6.45) is 1.02. The smallest absolute Gasteiger partial charge is 0.254 e. The largest absolute Gasteiger partial charge is 0.370 e. The summed E-state index contributed by atoms with van der Waals surface area (Å²) in [5, 5.41) is 3.42. The number of amides is 1. The molecule has 1 aromatic carbocycles. The van der Waals surface area contributed by atoms with Crippen LogP contribution in [0.3, 0.4) is 0 Å². The van der Waals surface area contributed by atoms with Crippen molar-refractivity contribution < 1.29 is 13.6 Å². The molecule has 0 bridgehead atoms. The number of nitrogens with one attached hydrogen (secondary N) is 1. The highest BCUT2D eigenvalue weighted by atomic mass is 19.2.